The molecule has 1 aliphatic rings. The summed E-state index contributed by atoms with van der Waals surface area (Å²) in [4.78, 5) is 28.9. The normalized spacial score (nSPS) is 14.3. The molecule has 1 aromatic carbocycles. The SMILES string of the molecule is O=C(CC1(C(=O)NCc2ncc(Nc3c(F)cccc3C(F)(F)F)cc2F)CC1)c1ccnnc1. The van der Waals surface area contributed by atoms with Gasteiger partial charge >= 0.3 is 6.18 Å². The number of carbonyl (C=O) groups excluding carboxylic acids is 2. The molecule has 0 atom stereocenters. The van der Waals surface area contributed by atoms with Gasteiger partial charge in [0.1, 0.15) is 11.6 Å². The van der Waals surface area contributed by atoms with E-state index in [9.17, 15) is 31.5 Å². The molecular weight excluding hydrogens is 473 g/mol. The van der Waals surface area contributed by atoms with E-state index in [1.807, 2.05) is 0 Å². The lowest BCUT2D eigenvalue weighted by molar-refractivity contribution is -0.137. The third-order valence-electron chi connectivity index (χ3n) is 5.66. The van der Waals surface area contributed by atoms with E-state index in [1.165, 1.54) is 18.5 Å². The summed E-state index contributed by atoms with van der Waals surface area (Å²) in [5.74, 6) is -2.77. The molecule has 2 heterocycles. The standard InChI is InChI=1S/C23H18F5N5O2/c24-16-3-1-2-15(23(26,27)28)20(16)33-14-8-17(25)18(29-11-14)12-30-21(35)22(5-6-22)9-19(34)13-4-7-31-32-10-13/h1-4,7-8,10-11,33H,5-6,9,12H2,(H,30,35). The van der Waals surface area contributed by atoms with Crippen LogP contribution in [0.25, 0.3) is 0 Å². The average Bonchev–Trinajstić information content (AvgIpc) is 3.60. The molecule has 0 radical (unpaired) electrons. The molecule has 182 valence electrons. The number of para-hydroxylation sites is 1. The molecule has 35 heavy (non-hydrogen) atoms. The molecule has 7 nitrogen and oxygen atoms in total. The molecule has 0 unspecified atom stereocenters. The van der Waals surface area contributed by atoms with Crippen molar-refractivity contribution in [3.63, 3.8) is 0 Å². The van der Waals surface area contributed by atoms with E-state index < -0.39 is 40.4 Å². The maximum atomic E-state index is 14.5. The lowest BCUT2D eigenvalue weighted by Gasteiger charge is -2.16. The summed E-state index contributed by atoms with van der Waals surface area (Å²) in [5.41, 5.74) is -3.04. The summed E-state index contributed by atoms with van der Waals surface area (Å²) >= 11 is 0. The van der Waals surface area contributed by atoms with Crippen molar-refractivity contribution in [2.75, 3.05) is 5.32 Å². The zero-order valence-corrected chi connectivity index (χ0v) is 18.0. The van der Waals surface area contributed by atoms with Gasteiger partial charge in [-0.15, -0.1) is 0 Å². The number of benzene rings is 1. The summed E-state index contributed by atoms with van der Waals surface area (Å²) in [6.45, 7) is -0.300. The predicted octanol–water partition coefficient (Wildman–Crippen LogP) is 4.58. The third-order valence-corrected chi connectivity index (χ3v) is 5.66. The van der Waals surface area contributed by atoms with Crippen molar-refractivity contribution in [3.8, 4) is 0 Å². The molecule has 1 aliphatic carbocycles. The Kier molecular flexibility index (Phi) is 6.46. The Labute approximate surface area is 195 Å². The second-order valence-electron chi connectivity index (χ2n) is 8.13. The van der Waals surface area contributed by atoms with Gasteiger partial charge in [0, 0.05) is 18.1 Å². The van der Waals surface area contributed by atoms with Gasteiger partial charge in [0.15, 0.2) is 5.78 Å². The largest absolute Gasteiger partial charge is 0.418 e. The van der Waals surface area contributed by atoms with Crippen LogP contribution in [0.15, 0.2) is 48.9 Å². The molecule has 12 heteroatoms. The van der Waals surface area contributed by atoms with Gasteiger partial charge in [-0.05, 0) is 31.0 Å². The first-order valence-electron chi connectivity index (χ1n) is 10.4. The molecule has 1 amide bonds. The van der Waals surface area contributed by atoms with Crippen LogP contribution in [-0.4, -0.2) is 26.9 Å². The molecule has 2 aromatic heterocycles. The second-order valence-corrected chi connectivity index (χ2v) is 8.13. The van der Waals surface area contributed by atoms with E-state index in [1.54, 1.807) is 0 Å². The Morgan fingerprint density at radius 1 is 1.03 bits per heavy atom. The molecule has 0 saturated heterocycles. The lowest BCUT2D eigenvalue weighted by Crippen LogP contribution is -2.33. The highest BCUT2D eigenvalue weighted by Crippen LogP contribution is 2.49. The van der Waals surface area contributed by atoms with Crippen LogP contribution in [0.1, 0.15) is 40.9 Å². The number of nitrogens with one attached hydrogen (secondary N) is 2. The zero-order chi connectivity index (χ0) is 25.2. The van der Waals surface area contributed by atoms with Crippen LogP contribution in [0.4, 0.5) is 33.3 Å². The quantitative estimate of drug-likeness (QED) is 0.354. The van der Waals surface area contributed by atoms with Gasteiger partial charge in [-0.1, -0.05) is 6.07 Å². The fourth-order valence-electron chi connectivity index (χ4n) is 3.55. The van der Waals surface area contributed by atoms with Gasteiger partial charge in [0.05, 0.1) is 53.2 Å². The first-order valence-corrected chi connectivity index (χ1v) is 10.4. The highest BCUT2D eigenvalue weighted by atomic mass is 19.4. The van der Waals surface area contributed by atoms with Crippen LogP contribution >= 0.6 is 0 Å². The van der Waals surface area contributed by atoms with Crippen LogP contribution < -0.4 is 10.6 Å². The van der Waals surface area contributed by atoms with E-state index >= 15 is 0 Å². The van der Waals surface area contributed by atoms with Gasteiger partial charge in [-0.3, -0.25) is 14.6 Å². The third kappa shape index (κ3) is 5.42. The number of nitrogens with zero attached hydrogens (tertiary/aromatic N) is 3. The van der Waals surface area contributed by atoms with Crippen molar-refractivity contribution in [1.82, 2.24) is 20.5 Å². The van der Waals surface area contributed by atoms with Gasteiger partial charge in [0.25, 0.3) is 0 Å². The number of carbonyl (C=O) groups is 2. The van der Waals surface area contributed by atoms with E-state index in [-0.39, 0.29) is 30.1 Å². The van der Waals surface area contributed by atoms with Crippen LogP contribution in [0.2, 0.25) is 0 Å². The molecule has 1 saturated carbocycles. The Bertz CT molecular complexity index is 1260. The van der Waals surface area contributed by atoms with Gasteiger partial charge < -0.3 is 10.6 Å². The Hall–Kier alpha value is -3.96. The van der Waals surface area contributed by atoms with Crippen molar-refractivity contribution in [2.45, 2.75) is 32.0 Å². The van der Waals surface area contributed by atoms with Crippen molar-refractivity contribution < 1.29 is 31.5 Å². The number of hydrogen-bond acceptors (Lipinski definition) is 6. The maximum Gasteiger partial charge on any atom is 0.418 e. The number of halogens is 5. The number of rotatable bonds is 8. The summed E-state index contributed by atoms with van der Waals surface area (Å²) in [5, 5.41) is 12.0. The number of anilines is 2. The van der Waals surface area contributed by atoms with Crippen LogP contribution in [0.5, 0.6) is 0 Å². The Balaban J connectivity index is 1.41. The minimum atomic E-state index is -4.82. The molecule has 0 aliphatic heterocycles. The topological polar surface area (TPSA) is 96.9 Å². The first kappa shape index (κ1) is 24.2. The highest BCUT2D eigenvalue weighted by molar-refractivity contribution is 6.00. The summed E-state index contributed by atoms with van der Waals surface area (Å²) in [6.07, 6.45) is -0.162. The number of alkyl halides is 3. The molecule has 4 rings (SSSR count). The Morgan fingerprint density at radius 2 is 1.80 bits per heavy atom. The van der Waals surface area contributed by atoms with Crippen molar-refractivity contribution in [1.29, 1.82) is 0 Å². The average molecular weight is 491 g/mol. The van der Waals surface area contributed by atoms with Gasteiger partial charge in [-0.2, -0.15) is 23.4 Å². The van der Waals surface area contributed by atoms with E-state index in [2.05, 4.69) is 25.8 Å². The smallest absolute Gasteiger partial charge is 0.351 e. The Morgan fingerprint density at radius 3 is 2.43 bits per heavy atom. The van der Waals surface area contributed by atoms with Crippen molar-refractivity contribution in [2.24, 2.45) is 5.41 Å². The van der Waals surface area contributed by atoms with Crippen molar-refractivity contribution >= 4 is 23.1 Å². The molecule has 0 bridgehead atoms. The minimum Gasteiger partial charge on any atom is -0.351 e. The second kappa shape index (κ2) is 9.35. The molecule has 3 aromatic rings. The summed E-state index contributed by atoms with van der Waals surface area (Å²) < 4.78 is 68.1. The lowest BCUT2D eigenvalue weighted by atomic mass is 9.95. The fraction of sp³-hybridized carbons (Fsp3) is 0.261. The van der Waals surface area contributed by atoms with Gasteiger partial charge in [-0.25, -0.2) is 8.78 Å². The number of Topliss-reactive ketones (excluding diaryl/α,β-unsaturated/α-hetero) is 1. The van der Waals surface area contributed by atoms with Crippen molar-refractivity contribution in [3.05, 3.63) is 77.4 Å². The fourth-order valence-corrected chi connectivity index (χ4v) is 3.55. The molecule has 2 N–H and O–H groups in total. The summed E-state index contributed by atoms with van der Waals surface area (Å²) in [6, 6.07) is 4.81. The molecule has 1 fully saturated rings. The van der Waals surface area contributed by atoms with Crippen LogP contribution in [0, 0.1) is 17.0 Å². The van der Waals surface area contributed by atoms with E-state index in [0.29, 0.717) is 24.5 Å². The number of pyridine rings is 1. The zero-order valence-electron chi connectivity index (χ0n) is 18.0. The highest BCUT2D eigenvalue weighted by Gasteiger charge is 2.51. The number of hydrogen-bond donors (Lipinski definition) is 2. The monoisotopic (exact) mass is 491 g/mol. The minimum absolute atomic E-state index is 0.0343. The molecular formula is C23H18F5N5O2. The maximum absolute atomic E-state index is 14.5. The van der Waals surface area contributed by atoms with Crippen LogP contribution in [-0.2, 0) is 17.5 Å². The van der Waals surface area contributed by atoms with E-state index in [4.69, 9.17) is 0 Å². The number of amides is 1. The first-order chi connectivity index (χ1) is 16.6. The summed E-state index contributed by atoms with van der Waals surface area (Å²) in [7, 11) is 0. The molecule has 0 spiro atoms. The predicted molar refractivity (Wildman–Crippen MR) is 113 cm³/mol. The van der Waals surface area contributed by atoms with Crippen LogP contribution in [0.3, 0.4) is 0 Å². The van der Waals surface area contributed by atoms with Gasteiger partial charge in [0.2, 0.25) is 5.91 Å². The number of aromatic nitrogens is 3. The number of ketones is 1. The van der Waals surface area contributed by atoms with E-state index in [0.717, 1.165) is 24.4 Å².